The van der Waals surface area contributed by atoms with Crippen LogP contribution in [0.3, 0.4) is 0 Å². The minimum atomic E-state index is 0.421. The number of hydrogen-bond donors (Lipinski definition) is 2. The van der Waals surface area contributed by atoms with Gasteiger partial charge in [0.15, 0.2) is 0 Å². The fourth-order valence-electron chi connectivity index (χ4n) is 2.54. The highest BCUT2D eigenvalue weighted by Crippen LogP contribution is 2.29. The highest BCUT2D eigenvalue weighted by atomic mass is 15.1. The Hall–Kier alpha value is -0.830. The molecule has 2 N–H and O–H groups in total. The van der Waals surface area contributed by atoms with Crippen molar-refractivity contribution in [2.75, 3.05) is 0 Å². The van der Waals surface area contributed by atoms with Gasteiger partial charge < -0.3 is 5.32 Å². The lowest BCUT2D eigenvalue weighted by molar-refractivity contribution is 0.438. The molecular formula is C12H21N3. The minimum absolute atomic E-state index is 0.421. The molecule has 0 spiro atoms. The maximum absolute atomic E-state index is 3.98. The maximum Gasteiger partial charge on any atom is 0.0534 e. The van der Waals surface area contributed by atoms with Crippen molar-refractivity contribution < 1.29 is 0 Å². The van der Waals surface area contributed by atoms with E-state index in [0.717, 1.165) is 5.92 Å². The molecule has 15 heavy (non-hydrogen) atoms. The van der Waals surface area contributed by atoms with Crippen molar-refractivity contribution in [1.29, 1.82) is 0 Å². The largest absolute Gasteiger partial charge is 0.307 e. The van der Waals surface area contributed by atoms with Crippen LogP contribution in [0.15, 0.2) is 12.4 Å². The number of nitrogens with zero attached hydrogens (tertiary/aromatic N) is 1. The van der Waals surface area contributed by atoms with Crippen LogP contribution in [0.1, 0.15) is 51.1 Å². The molecule has 84 valence electrons. The smallest absolute Gasteiger partial charge is 0.0534 e. The molecule has 0 aliphatic heterocycles. The summed E-state index contributed by atoms with van der Waals surface area (Å²) in [4.78, 5) is 0. The summed E-state index contributed by atoms with van der Waals surface area (Å²) in [6, 6.07) is 1.13. The van der Waals surface area contributed by atoms with Crippen LogP contribution in [0.25, 0.3) is 0 Å². The number of H-pyrrole nitrogens is 1. The maximum atomic E-state index is 3.98. The molecule has 1 aromatic heterocycles. The van der Waals surface area contributed by atoms with E-state index in [1.54, 1.807) is 0 Å². The van der Waals surface area contributed by atoms with Crippen molar-refractivity contribution in [1.82, 2.24) is 15.5 Å². The van der Waals surface area contributed by atoms with E-state index in [2.05, 4.69) is 29.4 Å². The Kier molecular flexibility index (Phi) is 3.41. The molecule has 1 aromatic rings. The van der Waals surface area contributed by atoms with Crippen molar-refractivity contribution in [2.24, 2.45) is 5.92 Å². The van der Waals surface area contributed by atoms with Crippen molar-refractivity contribution in [3.63, 3.8) is 0 Å². The third-order valence-electron chi connectivity index (χ3n) is 3.62. The Bertz CT molecular complexity index is 281. The highest BCUT2D eigenvalue weighted by molar-refractivity contribution is 5.08. The Morgan fingerprint density at radius 3 is 3.07 bits per heavy atom. The zero-order valence-electron chi connectivity index (χ0n) is 9.66. The summed E-state index contributed by atoms with van der Waals surface area (Å²) in [7, 11) is 0. The Labute approximate surface area is 91.7 Å². The molecular weight excluding hydrogens is 186 g/mol. The second kappa shape index (κ2) is 4.79. The molecule has 0 amide bonds. The van der Waals surface area contributed by atoms with Gasteiger partial charge in [0.2, 0.25) is 0 Å². The number of nitrogens with one attached hydrogen (secondary N) is 2. The second-order valence-corrected chi connectivity index (χ2v) is 4.70. The normalized spacial score (nSPS) is 28.1. The van der Waals surface area contributed by atoms with Crippen molar-refractivity contribution in [2.45, 2.75) is 51.6 Å². The summed E-state index contributed by atoms with van der Waals surface area (Å²) < 4.78 is 0. The average Bonchev–Trinajstić information content (AvgIpc) is 2.87. The van der Waals surface area contributed by atoms with Crippen molar-refractivity contribution in [3.05, 3.63) is 18.0 Å². The van der Waals surface area contributed by atoms with Crippen LogP contribution < -0.4 is 5.32 Å². The van der Waals surface area contributed by atoms with Crippen LogP contribution in [0, 0.1) is 5.92 Å². The van der Waals surface area contributed by atoms with Gasteiger partial charge in [-0.15, -0.1) is 0 Å². The van der Waals surface area contributed by atoms with Crippen LogP contribution in [-0.2, 0) is 0 Å². The minimum Gasteiger partial charge on any atom is -0.307 e. The molecule has 3 heteroatoms. The molecule has 0 radical (unpaired) electrons. The first-order chi connectivity index (χ1) is 7.29. The summed E-state index contributed by atoms with van der Waals surface area (Å²) in [6.45, 7) is 4.51. The first-order valence-corrected chi connectivity index (χ1v) is 6.04. The van der Waals surface area contributed by atoms with Gasteiger partial charge in [-0.3, -0.25) is 5.10 Å². The SMILES string of the molecule is CCC1CCC(NC(C)c2cn[nH]c2)C1. The van der Waals surface area contributed by atoms with Crippen LogP contribution in [0.4, 0.5) is 0 Å². The van der Waals surface area contributed by atoms with Gasteiger partial charge in [0.25, 0.3) is 0 Å². The fourth-order valence-corrected chi connectivity index (χ4v) is 2.54. The van der Waals surface area contributed by atoms with Gasteiger partial charge in [-0.05, 0) is 32.1 Å². The molecule has 3 atom stereocenters. The van der Waals surface area contributed by atoms with E-state index in [0.29, 0.717) is 12.1 Å². The molecule has 1 heterocycles. The molecule has 3 nitrogen and oxygen atoms in total. The zero-order chi connectivity index (χ0) is 10.7. The van der Waals surface area contributed by atoms with Crippen LogP contribution in [-0.4, -0.2) is 16.2 Å². The van der Waals surface area contributed by atoms with Crippen molar-refractivity contribution >= 4 is 0 Å². The van der Waals surface area contributed by atoms with Crippen LogP contribution in [0.2, 0.25) is 0 Å². The summed E-state index contributed by atoms with van der Waals surface area (Å²) >= 11 is 0. The van der Waals surface area contributed by atoms with Gasteiger partial charge in [0.05, 0.1) is 6.20 Å². The molecule has 3 unspecified atom stereocenters. The van der Waals surface area contributed by atoms with Crippen molar-refractivity contribution in [3.8, 4) is 0 Å². The lowest BCUT2D eigenvalue weighted by atomic mass is 10.1. The first-order valence-electron chi connectivity index (χ1n) is 6.04. The number of aromatic amines is 1. The molecule has 0 saturated heterocycles. The van der Waals surface area contributed by atoms with E-state index in [1.807, 2.05) is 12.4 Å². The summed E-state index contributed by atoms with van der Waals surface area (Å²) in [5.41, 5.74) is 1.26. The standard InChI is InChI=1S/C12H21N3/c1-3-10-4-5-12(6-10)15-9(2)11-7-13-14-8-11/h7-10,12,15H,3-6H2,1-2H3,(H,13,14). The van der Waals surface area contributed by atoms with E-state index in [9.17, 15) is 0 Å². The Balaban J connectivity index is 1.83. The molecule has 1 aliphatic carbocycles. The predicted octanol–water partition coefficient (Wildman–Crippen LogP) is 2.64. The fraction of sp³-hybridized carbons (Fsp3) is 0.750. The second-order valence-electron chi connectivity index (χ2n) is 4.70. The average molecular weight is 207 g/mol. The Morgan fingerprint density at radius 2 is 2.47 bits per heavy atom. The van der Waals surface area contributed by atoms with Gasteiger partial charge in [-0.2, -0.15) is 5.10 Å². The predicted molar refractivity (Wildman–Crippen MR) is 61.6 cm³/mol. The molecule has 1 saturated carbocycles. The molecule has 1 fully saturated rings. The molecule has 2 rings (SSSR count). The van der Waals surface area contributed by atoms with E-state index < -0.39 is 0 Å². The number of hydrogen-bond acceptors (Lipinski definition) is 2. The van der Waals surface area contributed by atoms with Gasteiger partial charge >= 0.3 is 0 Å². The zero-order valence-corrected chi connectivity index (χ0v) is 9.66. The molecule has 0 aromatic carbocycles. The third kappa shape index (κ3) is 2.59. The lowest BCUT2D eigenvalue weighted by Crippen LogP contribution is -2.29. The summed E-state index contributed by atoms with van der Waals surface area (Å²) in [5.74, 6) is 0.944. The van der Waals surface area contributed by atoms with E-state index in [1.165, 1.54) is 31.2 Å². The molecule has 1 aliphatic rings. The van der Waals surface area contributed by atoms with E-state index in [4.69, 9.17) is 0 Å². The number of rotatable bonds is 4. The lowest BCUT2D eigenvalue weighted by Gasteiger charge is -2.18. The Morgan fingerprint density at radius 1 is 1.60 bits per heavy atom. The van der Waals surface area contributed by atoms with Gasteiger partial charge in [-0.25, -0.2) is 0 Å². The summed E-state index contributed by atoms with van der Waals surface area (Å²) in [6.07, 6.45) is 9.29. The number of aromatic nitrogens is 2. The van der Waals surface area contributed by atoms with E-state index >= 15 is 0 Å². The van der Waals surface area contributed by atoms with Crippen LogP contribution in [0.5, 0.6) is 0 Å². The monoisotopic (exact) mass is 207 g/mol. The quantitative estimate of drug-likeness (QED) is 0.797. The topological polar surface area (TPSA) is 40.7 Å². The van der Waals surface area contributed by atoms with E-state index in [-0.39, 0.29) is 0 Å². The highest BCUT2D eigenvalue weighted by Gasteiger charge is 2.24. The first kappa shape index (κ1) is 10.7. The summed E-state index contributed by atoms with van der Waals surface area (Å²) in [5, 5.41) is 10.5. The van der Waals surface area contributed by atoms with Gasteiger partial charge in [-0.1, -0.05) is 13.3 Å². The van der Waals surface area contributed by atoms with Gasteiger partial charge in [0.1, 0.15) is 0 Å². The molecule has 0 bridgehead atoms. The van der Waals surface area contributed by atoms with Crippen LogP contribution >= 0.6 is 0 Å². The van der Waals surface area contributed by atoms with Gasteiger partial charge in [0, 0.05) is 23.8 Å². The third-order valence-corrected chi connectivity index (χ3v) is 3.62.